The number of nitrogens with zero attached hydrogens (tertiary/aromatic N) is 7. The zero-order valence-electron chi connectivity index (χ0n) is 56.5. The molecule has 460 valence electrons. The van der Waals surface area contributed by atoms with E-state index in [1.807, 2.05) is 36.7 Å². The Morgan fingerprint density at radius 3 is 1.21 bits per heavy atom. The van der Waals surface area contributed by atoms with E-state index in [1.165, 1.54) is 33.4 Å². The SMILES string of the molecule is CN(C)c1ccc(C#Cc2c3nc(c(-c4cc(C(C)(C)C)cc(C(C)(C)C)c4)c4ccc([n-]4)c(-c4cc(C(C)(C)C)cc(C(C)(C)C)c4)c4nc(c(-c5cc(C(C)(C)C)cc(C(C)(C)C)c5)c5cc(-c6ccccn6)c2[n-]5)C=C4)C=C3c2ccccn2)cc1.[Ni+2]. The molecule has 0 saturated heterocycles. The topological polar surface area (TPSA) is 83.0 Å². The molecule has 5 aromatic heterocycles. The Bertz CT molecular complexity index is 4440. The van der Waals surface area contributed by atoms with Crippen molar-refractivity contribution in [3.8, 4) is 56.5 Å². The summed E-state index contributed by atoms with van der Waals surface area (Å²) in [6.07, 6.45) is 10.3. The van der Waals surface area contributed by atoms with Crippen LogP contribution in [0.1, 0.15) is 198 Å². The van der Waals surface area contributed by atoms with E-state index in [-0.39, 0.29) is 49.0 Å². The maximum absolute atomic E-state index is 5.96. The molecule has 8 bridgehead atoms. The molecule has 0 saturated carbocycles. The van der Waals surface area contributed by atoms with Gasteiger partial charge in [0.2, 0.25) is 0 Å². The van der Waals surface area contributed by atoms with Gasteiger partial charge in [0, 0.05) is 48.9 Å². The van der Waals surface area contributed by atoms with E-state index in [1.54, 1.807) is 0 Å². The van der Waals surface area contributed by atoms with E-state index >= 15 is 0 Å². The molecule has 7 heterocycles. The number of aromatic nitrogens is 6. The van der Waals surface area contributed by atoms with E-state index in [0.717, 1.165) is 101 Å². The van der Waals surface area contributed by atoms with Crippen LogP contribution in [0.5, 0.6) is 0 Å². The van der Waals surface area contributed by atoms with Gasteiger partial charge in [0.05, 0.1) is 34.2 Å². The fourth-order valence-electron chi connectivity index (χ4n) is 11.6. The van der Waals surface area contributed by atoms with Crippen molar-refractivity contribution in [3.05, 3.63) is 219 Å². The Kier molecular flexibility index (Phi) is 17.1. The molecule has 4 aromatic carbocycles. The molecule has 0 spiro atoms. The minimum atomic E-state index is -0.184. The van der Waals surface area contributed by atoms with Crippen molar-refractivity contribution >= 4 is 51.6 Å². The van der Waals surface area contributed by atoms with Crippen molar-refractivity contribution in [2.75, 3.05) is 19.0 Å². The summed E-state index contributed by atoms with van der Waals surface area (Å²) >= 11 is 0. The van der Waals surface area contributed by atoms with Gasteiger partial charge < -0.3 is 14.9 Å². The molecule has 8 heteroatoms. The molecule has 0 fully saturated rings. The smallest absolute Gasteiger partial charge is 0.657 e. The van der Waals surface area contributed by atoms with Crippen LogP contribution in [0.15, 0.2) is 146 Å². The molecular weight excluding hydrogens is 1140 g/mol. The molecule has 7 nitrogen and oxygen atoms in total. The maximum Gasteiger partial charge on any atom is 2.00 e. The number of anilines is 1. The van der Waals surface area contributed by atoms with Crippen LogP contribution >= 0.6 is 0 Å². The van der Waals surface area contributed by atoms with Crippen molar-refractivity contribution in [3.63, 3.8) is 0 Å². The van der Waals surface area contributed by atoms with Crippen molar-refractivity contribution in [2.24, 2.45) is 0 Å². The van der Waals surface area contributed by atoms with E-state index in [9.17, 15) is 0 Å². The third-order valence-corrected chi connectivity index (χ3v) is 17.3. The van der Waals surface area contributed by atoms with Crippen molar-refractivity contribution in [2.45, 2.75) is 157 Å². The Morgan fingerprint density at radius 1 is 0.400 bits per heavy atom. The van der Waals surface area contributed by atoms with E-state index in [2.05, 4.69) is 283 Å². The predicted molar refractivity (Wildman–Crippen MR) is 378 cm³/mol. The number of hydrogen-bond acceptors (Lipinski definition) is 5. The Balaban J connectivity index is 0.00000891. The molecule has 2 aliphatic rings. The second kappa shape index (κ2) is 23.8. The predicted octanol–water partition coefficient (Wildman–Crippen LogP) is 20.0. The number of hydrogen-bond donors (Lipinski definition) is 0. The molecule has 0 atom stereocenters. The first-order valence-corrected chi connectivity index (χ1v) is 31.4. The molecule has 0 N–H and O–H groups in total. The summed E-state index contributed by atoms with van der Waals surface area (Å²) in [6, 6.07) is 48.4. The van der Waals surface area contributed by atoms with Crippen LogP contribution in [0.3, 0.4) is 0 Å². The molecule has 0 amide bonds. The zero-order chi connectivity index (χ0) is 63.9. The fraction of sp³-hybridized carbons (Fsp3) is 0.317. The Morgan fingerprint density at radius 2 is 0.811 bits per heavy atom. The number of pyridine rings is 2. The molecular formula is C82H87N7Ni. The van der Waals surface area contributed by atoms with Gasteiger partial charge in [-0.15, -0.1) is 22.1 Å². The maximum atomic E-state index is 5.96. The number of benzene rings is 4. The summed E-state index contributed by atoms with van der Waals surface area (Å²) in [5, 5.41) is 0. The second-order valence-electron chi connectivity index (χ2n) is 30.8. The molecule has 0 radical (unpaired) electrons. The van der Waals surface area contributed by atoms with Crippen molar-refractivity contribution in [1.82, 2.24) is 29.9 Å². The third kappa shape index (κ3) is 13.3. The first-order valence-electron chi connectivity index (χ1n) is 31.4. The van der Waals surface area contributed by atoms with Crippen LogP contribution in [0, 0.1) is 11.8 Å². The monoisotopic (exact) mass is 1230 g/mol. The Labute approximate surface area is 546 Å². The van der Waals surface area contributed by atoms with Gasteiger partial charge in [-0.25, -0.2) is 9.97 Å². The van der Waals surface area contributed by atoms with Crippen LogP contribution < -0.4 is 14.9 Å². The summed E-state index contributed by atoms with van der Waals surface area (Å²) in [7, 11) is 4.11. The molecule has 0 unspecified atom stereocenters. The molecule has 9 aromatic rings. The van der Waals surface area contributed by atoms with E-state index in [0.29, 0.717) is 16.8 Å². The number of fused-ring (bicyclic) bond motifs is 8. The van der Waals surface area contributed by atoms with E-state index < -0.39 is 0 Å². The van der Waals surface area contributed by atoms with Gasteiger partial charge in [0.15, 0.2) is 0 Å². The van der Waals surface area contributed by atoms with Crippen LogP contribution in [0.2, 0.25) is 0 Å². The van der Waals surface area contributed by atoms with Gasteiger partial charge in [-0.3, -0.25) is 9.97 Å². The average Bonchev–Trinajstić information content (AvgIpc) is 1.57. The zero-order valence-corrected chi connectivity index (χ0v) is 57.5. The van der Waals surface area contributed by atoms with Crippen LogP contribution in [0.25, 0.3) is 90.5 Å². The first kappa shape index (κ1) is 64.6. The van der Waals surface area contributed by atoms with Crippen LogP contribution in [-0.4, -0.2) is 34.0 Å². The standard InChI is InChI=1S/C82H87N7.Ni/c1-77(2,3)54-39-51(40-55(45-54)78(4,5)6)72-66-33-35-68(85-66)73(52-41-56(79(7,8)9)46-57(42-52)80(10,11)12)70-48-62(64-25-21-23-37-83-64)75(87-70)61(32-29-50-27-30-60(31-28-50)89(19)20)76-63(65-26-22-24-38-84-65)49-71(88-76)74(69-36-34-67(72)86-69)53-43-58(81(13,14)15)47-59(44-53)82(16,17)18;/h21-28,30-31,33-49H,1-20H3;/q-2;+2. The van der Waals surface area contributed by atoms with Gasteiger partial charge in [0.1, 0.15) is 0 Å². The molecule has 90 heavy (non-hydrogen) atoms. The van der Waals surface area contributed by atoms with Gasteiger partial charge in [0.25, 0.3) is 0 Å². The van der Waals surface area contributed by atoms with Gasteiger partial charge in [-0.2, -0.15) is 0 Å². The van der Waals surface area contributed by atoms with Gasteiger partial charge in [-0.05, 0) is 172 Å². The summed E-state index contributed by atoms with van der Waals surface area (Å²) in [5.41, 5.74) is 23.9. The molecule has 11 rings (SSSR count). The van der Waals surface area contributed by atoms with Crippen molar-refractivity contribution in [1.29, 1.82) is 0 Å². The molecule has 2 aliphatic heterocycles. The number of rotatable bonds is 6. The van der Waals surface area contributed by atoms with Crippen molar-refractivity contribution < 1.29 is 16.5 Å². The minimum Gasteiger partial charge on any atom is -0.657 e. The Hall–Kier alpha value is -8.37. The largest absolute Gasteiger partial charge is 2.00 e. The summed E-state index contributed by atoms with van der Waals surface area (Å²) < 4.78 is 0. The fourth-order valence-corrected chi connectivity index (χ4v) is 11.6. The van der Waals surface area contributed by atoms with E-state index in [4.69, 9.17) is 29.9 Å². The normalized spacial score (nSPS) is 13.0. The summed E-state index contributed by atoms with van der Waals surface area (Å²) in [4.78, 5) is 36.0. The average molecular weight is 1230 g/mol. The minimum absolute atomic E-state index is 0. The quantitative estimate of drug-likeness (QED) is 0.121. The van der Waals surface area contributed by atoms with Crippen LogP contribution in [-0.2, 0) is 49.0 Å². The van der Waals surface area contributed by atoms with Gasteiger partial charge in [-0.1, -0.05) is 221 Å². The van der Waals surface area contributed by atoms with Crippen LogP contribution in [0.4, 0.5) is 5.69 Å². The second-order valence-corrected chi connectivity index (χ2v) is 30.8. The first-order chi connectivity index (χ1) is 41.7. The summed E-state index contributed by atoms with van der Waals surface area (Å²) in [5.74, 6) is 7.45. The summed E-state index contributed by atoms with van der Waals surface area (Å²) in [6.45, 7) is 41.3. The third-order valence-electron chi connectivity index (χ3n) is 17.3. The molecule has 0 aliphatic carbocycles. The van der Waals surface area contributed by atoms with Gasteiger partial charge >= 0.3 is 16.5 Å².